The molecule has 0 spiro atoms. The van der Waals surface area contributed by atoms with Crippen molar-refractivity contribution in [3.05, 3.63) is 106 Å². The fourth-order valence-corrected chi connectivity index (χ4v) is 6.33. The lowest BCUT2D eigenvalue weighted by atomic mass is 9.99. The molecule has 0 fully saturated rings. The van der Waals surface area contributed by atoms with Crippen molar-refractivity contribution in [3.8, 4) is 0 Å². The summed E-state index contributed by atoms with van der Waals surface area (Å²) in [6, 6.07) is 13.8. The SMILES string of the molecule is CCCN(CCC)C(=O)c1cc(C(N)=O)cc(C(=O)NC(Cc2cc(F)cc(F)c2)C(O)CN(C)NS(=O)(=O)Cc2ccccc2)c1. The van der Waals surface area contributed by atoms with E-state index in [0.717, 1.165) is 17.1 Å². The lowest BCUT2D eigenvalue weighted by molar-refractivity contribution is 0.0687. The van der Waals surface area contributed by atoms with Crippen LogP contribution in [0.4, 0.5) is 8.78 Å². The van der Waals surface area contributed by atoms with Gasteiger partial charge in [-0.3, -0.25) is 14.4 Å². The summed E-state index contributed by atoms with van der Waals surface area (Å²) >= 11 is 0. The molecule has 0 heterocycles. The van der Waals surface area contributed by atoms with Crippen LogP contribution in [0.3, 0.4) is 0 Å². The predicted octanol–water partition coefficient (Wildman–Crippen LogP) is 2.99. The number of nitrogens with two attached hydrogens (primary N) is 1. The van der Waals surface area contributed by atoms with E-state index >= 15 is 0 Å². The number of nitrogens with zero attached hydrogens (tertiary/aromatic N) is 2. The summed E-state index contributed by atoms with van der Waals surface area (Å²) in [6.45, 7) is 4.39. The van der Waals surface area contributed by atoms with Crippen LogP contribution in [-0.2, 0) is 22.2 Å². The molecule has 0 saturated carbocycles. The van der Waals surface area contributed by atoms with Crippen LogP contribution in [0.25, 0.3) is 0 Å². The Hall–Kier alpha value is -4.24. The van der Waals surface area contributed by atoms with Crippen LogP contribution in [-0.4, -0.2) is 80.0 Å². The maximum Gasteiger partial charge on any atom is 0.253 e. The third kappa shape index (κ3) is 11.5. The molecule has 3 aromatic carbocycles. The van der Waals surface area contributed by atoms with E-state index in [9.17, 15) is 36.7 Å². The van der Waals surface area contributed by atoms with Crippen LogP contribution in [0.2, 0.25) is 0 Å². The molecule has 14 heteroatoms. The zero-order chi connectivity index (χ0) is 34.7. The van der Waals surface area contributed by atoms with Gasteiger partial charge in [0, 0.05) is 49.4 Å². The van der Waals surface area contributed by atoms with Gasteiger partial charge in [-0.2, -0.15) is 0 Å². The van der Waals surface area contributed by atoms with Crippen LogP contribution in [0, 0.1) is 11.6 Å². The smallest absolute Gasteiger partial charge is 0.253 e. The monoisotopic (exact) mass is 673 g/mol. The number of sulfonamides is 1. The minimum atomic E-state index is -3.88. The first-order valence-corrected chi connectivity index (χ1v) is 16.8. The fraction of sp³-hybridized carbons (Fsp3) is 0.364. The van der Waals surface area contributed by atoms with Crippen molar-refractivity contribution in [1.29, 1.82) is 0 Å². The molecular formula is C33H41F2N5O6S. The molecule has 3 aromatic rings. The van der Waals surface area contributed by atoms with Crippen molar-refractivity contribution in [2.75, 3.05) is 26.7 Å². The Morgan fingerprint density at radius 3 is 2.02 bits per heavy atom. The van der Waals surface area contributed by atoms with E-state index in [1.165, 1.54) is 25.2 Å². The summed E-state index contributed by atoms with van der Waals surface area (Å²) in [6.07, 6.45) is -0.356. The number of halogens is 2. The number of amides is 3. The summed E-state index contributed by atoms with van der Waals surface area (Å²) in [4.78, 5) is 43.0. The highest BCUT2D eigenvalue weighted by Crippen LogP contribution is 2.17. The molecule has 2 atom stereocenters. The van der Waals surface area contributed by atoms with Crippen LogP contribution >= 0.6 is 0 Å². The topological polar surface area (TPSA) is 162 Å². The fourth-order valence-electron chi connectivity index (χ4n) is 5.09. The number of hydrazine groups is 1. The van der Waals surface area contributed by atoms with E-state index < -0.39 is 51.5 Å². The number of rotatable bonds is 17. The van der Waals surface area contributed by atoms with Gasteiger partial charge in [0.25, 0.3) is 11.8 Å². The molecular weight excluding hydrogens is 632 g/mol. The van der Waals surface area contributed by atoms with Gasteiger partial charge >= 0.3 is 0 Å². The molecule has 254 valence electrons. The second-order valence-corrected chi connectivity index (χ2v) is 13.0. The molecule has 2 unspecified atom stereocenters. The molecule has 11 nitrogen and oxygen atoms in total. The number of likely N-dealkylation sites (N-methyl/N-ethyl adjacent to an activating group) is 1. The van der Waals surface area contributed by atoms with E-state index in [1.54, 1.807) is 35.2 Å². The van der Waals surface area contributed by atoms with E-state index in [-0.39, 0.29) is 41.0 Å². The molecule has 0 radical (unpaired) electrons. The Morgan fingerprint density at radius 2 is 1.45 bits per heavy atom. The molecule has 3 rings (SSSR count). The lowest BCUT2D eigenvalue weighted by Gasteiger charge is -2.28. The summed E-state index contributed by atoms with van der Waals surface area (Å²) in [5, 5.41) is 15.0. The van der Waals surface area contributed by atoms with Gasteiger partial charge in [0.1, 0.15) is 11.6 Å². The second kappa shape index (κ2) is 17.1. The first kappa shape index (κ1) is 37.2. The minimum Gasteiger partial charge on any atom is -0.390 e. The van der Waals surface area contributed by atoms with Crippen molar-refractivity contribution in [2.45, 2.75) is 51.0 Å². The maximum absolute atomic E-state index is 14.0. The Bertz CT molecular complexity index is 1630. The molecule has 0 aliphatic heterocycles. The number of aliphatic hydroxyl groups excluding tert-OH is 1. The standard InChI is InChI=1S/C33H41F2N5O6S/c1-4-11-40(12-5-2)33(44)26-17-24(31(36)42)16-25(18-26)32(43)37-29(15-23-13-27(34)19-28(35)14-23)30(41)20-39(3)38-47(45,46)21-22-9-7-6-8-10-22/h6-10,13-14,16-19,29-30,38,41H,4-5,11-12,15,20-21H2,1-3H3,(H2,36,42)(H,37,43). The van der Waals surface area contributed by atoms with Gasteiger partial charge in [-0.1, -0.05) is 44.2 Å². The van der Waals surface area contributed by atoms with Gasteiger partial charge in [-0.05, 0) is 60.7 Å². The first-order valence-electron chi connectivity index (χ1n) is 15.1. The number of carbonyl (C=O) groups is 3. The highest BCUT2D eigenvalue weighted by atomic mass is 32.2. The normalized spacial score (nSPS) is 12.8. The molecule has 5 N–H and O–H groups in total. The molecule has 0 aliphatic carbocycles. The van der Waals surface area contributed by atoms with Crippen molar-refractivity contribution in [1.82, 2.24) is 20.1 Å². The molecule has 0 aromatic heterocycles. The number of primary amides is 1. The Labute approximate surface area is 273 Å². The van der Waals surface area contributed by atoms with Gasteiger partial charge in [0.05, 0.1) is 17.9 Å². The van der Waals surface area contributed by atoms with Crippen molar-refractivity contribution < 1.29 is 36.7 Å². The van der Waals surface area contributed by atoms with E-state index in [4.69, 9.17) is 5.73 Å². The molecule has 0 aliphatic rings. The van der Waals surface area contributed by atoms with E-state index in [1.807, 2.05) is 13.8 Å². The van der Waals surface area contributed by atoms with Crippen molar-refractivity contribution in [2.24, 2.45) is 5.73 Å². The Morgan fingerprint density at radius 1 is 0.872 bits per heavy atom. The maximum atomic E-state index is 14.0. The second-order valence-electron chi connectivity index (χ2n) is 11.3. The molecule has 3 amide bonds. The number of carbonyl (C=O) groups excluding carboxylic acids is 3. The van der Waals surface area contributed by atoms with Crippen LogP contribution in [0.1, 0.15) is 68.9 Å². The third-order valence-corrected chi connectivity index (χ3v) is 8.42. The van der Waals surface area contributed by atoms with Crippen LogP contribution in [0.15, 0.2) is 66.7 Å². The van der Waals surface area contributed by atoms with Gasteiger partial charge < -0.3 is 21.1 Å². The van der Waals surface area contributed by atoms with Crippen molar-refractivity contribution in [3.63, 3.8) is 0 Å². The summed E-state index contributed by atoms with van der Waals surface area (Å²) in [5.74, 6) is -4.16. The number of benzene rings is 3. The summed E-state index contributed by atoms with van der Waals surface area (Å²) in [7, 11) is -2.51. The number of nitrogens with one attached hydrogen (secondary N) is 2. The van der Waals surface area contributed by atoms with Gasteiger partial charge in [0.2, 0.25) is 15.9 Å². The number of aliphatic hydroxyl groups is 1. The average Bonchev–Trinajstić information content (AvgIpc) is 2.99. The molecule has 47 heavy (non-hydrogen) atoms. The number of hydrogen-bond donors (Lipinski definition) is 4. The van der Waals surface area contributed by atoms with E-state index in [0.29, 0.717) is 37.6 Å². The predicted molar refractivity (Wildman–Crippen MR) is 174 cm³/mol. The Balaban J connectivity index is 1.89. The minimum absolute atomic E-state index is 0.0604. The van der Waals surface area contributed by atoms with E-state index in [2.05, 4.69) is 10.1 Å². The lowest BCUT2D eigenvalue weighted by Crippen LogP contribution is -2.52. The Kier molecular flexibility index (Phi) is 13.5. The molecule has 0 saturated heterocycles. The third-order valence-electron chi connectivity index (χ3n) is 7.12. The summed E-state index contributed by atoms with van der Waals surface area (Å²) < 4.78 is 53.6. The van der Waals surface area contributed by atoms with Gasteiger partial charge in [-0.15, -0.1) is 4.83 Å². The van der Waals surface area contributed by atoms with Crippen LogP contribution < -0.4 is 15.9 Å². The largest absolute Gasteiger partial charge is 0.390 e. The number of hydrogen-bond acceptors (Lipinski definition) is 7. The van der Waals surface area contributed by atoms with Gasteiger partial charge in [-0.25, -0.2) is 22.2 Å². The van der Waals surface area contributed by atoms with Crippen LogP contribution in [0.5, 0.6) is 0 Å². The first-order chi connectivity index (χ1) is 22.2. The highest BCUT2D eigenvalue weighted by Gasteiger charge is 2.27. The molecule has 0 bridgehead atoms. The quantitative estimate of drug-likeness (QED) is 0.160. The zero-order valence-corrected chi connectivity index (χ0v) is 27.4. The summed E-state index contributed by atoms with van der Waals surface area (Å²) in [5.41, 5.74) is 6.01. The zero-order valence-electron chi connectivity index (χ0n) is 26.6. The van der Waals surface area contributed by atoms with Gasteiger partial charge in [0.15, 0.2) is 0 Å². The van der Waals surface area contributed by atoms with Crippen molar-refractivity contribution >= 4 is 27.7 Å². The average molecular weight is 674 g/mol. The highest BCUT2D eigenvalue weighted by molar-refractivity contribution is 7.88.